The highest BCUT2D eigenvalue weighted by molar-refractivity contribution is 7.20. The van der Waals surface area contributed by atoms with Crippen molar-refractivity contribution in [1.82, 2.24) is 0 Å². The Kier molecular flexibility index (Phi) is 4.14. The number of halogens is 2. The number of hydrogen-bond acceptors (Lipinski definition) is 3. The molecule has 0 aliphatic heterocycles. The molecular weight excluding hydrogens is 281 g/mol. The summed E-state index contributed by atoms with van der Waals surface area (Å²) in [4.78, 5) is 11.0. The highest BCUT2D eigenvalue weighted by atomic mass is 35.5. The van der Waals surface area contributed by atoms with E-state index in [1.165, 1.54) is 11.3 Å². The van der Waals surface area contributed by atoms with E-state index in [-0.39, 0.29) is 6.42 Å². The van der Waals surface area contributed by atoms with E-state index in [0.29, 0.717) is 14.2 Å². The number of carbonyl (C=O) groups is 1. The van der Waals surface area contributed by atoms with Gasteiger partial charge in [0, 0.05) is 11.0 Å². The number of carboxylic acid groups (broad SMARTS) is 1. The van der Waals surface area contributed by atoms with Crippen molar-refractivity contribution in [1.29, 1.82) is 0 Å². The van der Waals surface area contributed by atoms with Crippen LogP contribution < -0.4 is 5.73 Å². The van der Waals surface area contributed by atoms with Gasteiger partial charge in [-0.2, -0.15) is 0 Å². The number of carboxylic acids is 1. The number of rotatable bonds is 4. The zero-order chi connectivity index (χ0) is 13.4. The fourth-order valence-electron chi connectivity index (χ4n) is 1.69. The molecular formula is C11H15Cl2NO2S. The SMILES string of the molecule is CC(C)(N)C(C)(CC(=O)O)c1cc(Cl)sc1Cl. The summed E-state index contributed by atoms with van der Waals surface area (Å²) in [6.07, 6.45) is -0.0940. The number of nitrogens with two attached hydrogens (primary N) is 1. The summed E-state index contributed by atoms with van der Waals surface area (Å²) in [6.45, 7) is 5.38. The quantitative estimate of drug-likeness (QED) is 0.893. The monoisotopic (exact) mass is 295 g/mol. The maximum absolute atomic E-state index is 11.0. The summed E-state index contributed by atoms with van der Waals surface area (Å²) in [5.41, 5.74) is 5.32. The molecule has 1 rings (SSSR count). The maximum atomic E-state index is 11.0. The lowest BCUT2D eigenvalue weighted by Gasteiger charge is -2.40. The maximum Gasteiger partial charge on any atom is 0.304 e. The van der Waals surface area contributed by atoms with Crippen LogP contribution in [0.4, 0.5) is 0 Å². The van der Waals surface area contributed by atoms with Gasteiger partial charge in [0.1, 0.15) is 0 Å². The first-order valence-corrected chi connectivity index (χ1v) is 6.61. The molecule has 0 saturated heterocycles. The van der Waals surface area contributed by atoms with E-state index in [0.717, 1.165) is 0 Å². The van der Waals surface area contributed by atoms with Gasteiger partial charge in [0.15, 0.2) is 0 Å². The molecule has 0 aliphatic rings. The van der Waals surface area contributed by atoms with Crippen molar-refractivity contribution >= 4 is 40.5 Å². The molecule has 17 heavy (non-hydrogen) atoms. The molecule has 0 radical (unpaired) electrons. The van der Waals surface area contributed by atoms with Gasteiger partial charge >= 0.3 is 5.97 Å². The second-order valence-corrected chi connectivity index (χ2v) is 7.15. The molecule has 3 N–H and O–H groups in total. The summed E-state index contributed by atoms with van der Waals surface area (Å²) >= 11 is 13.2. The molecule has 0 saturated carbocycles. The molecule has 1 unspecified atom stereocenters. The average molecular weight is 296 g/mol. The summed E-state index contributed by atoms with van der Waals surface area (Å²) in [7, 11) is 0. The van der Waals surface area contributed by atoms with Crippen LogP contribution in [0, 0.1) is 0 Å². The number of thiophene rings is 1. The third kappa shape index (κ3) is 2.94. The standard InChI is InChI=1S/C11H15Cl2NO2S/c1-10(2,14)11(3,5-8(15)16)6-4-7(12)17-9(6)13/h4H,5,14H2,1-3H3,(H,15,16). The lowest BCUT2D eigenvalue weighted by molar-refractivity contribution is -0.139. The van der Waals surface area contributed by atoms with Gasteiger partial charge in [-0.3, -0.25) is 4.79 Å². The normalized spacial score (nSPS) is 15.6. The van der Waals surface area contributed by atoms with E-state index in [1.54, 1.807) is 26.8 Å². The van der Waals surface area contributed by atoms with Gasteiger partial charge in [0.05, 0.1) is 15.1 Å². The van der Waals surface area contributed by atoms with Crippen molar-refractivity contribution in [3.63, 3.8) is 0 Å². The van der Waals surface area contributed by atoms with E-state index in [4.69, 9.17) is 34.0 Å². The first kappa shape index (κ1) is 14.8. The van der Waals surface area contributed by atoms with Crippen LogP contribution in [0.5, 0.6) is 0 Å². The number of aliphatic carboxylic acids is 1. The zero-order valence-corrected chi connectivity index (χ0v) is 12.2. The topological polar surface area (TPSA) is 63.3 Å². The van der Waals surface area contributed by atoms with Crippen molar-refractivity contribution < 1.29 is 9.90 Å². The van der Waals surface area contributed by atoms with Crippen LogP contribution >= 0.6 is 34.5 Å². The largest absolute Gasteiger partial charge is 0.481 e. The molecule has 0 spiro atoms. The Bertz CT molecular complexity index is 439. The van der Waals surface area contributed by atoms with Crippen LogP contribution in [0.25, 0.3) is 0 Å². The van der Waals surface area contributed by atoms with Gasteiger partial charge in [-0.1, -0.05) is 30.1 Å². The molecule has 6 heteroatoms. The number of hydrogen-bond donors (Lipinski definition) is 2. The van der Waals surface area contributed by atoms with Crippen molar-refractivity contribution in [2.75, 3.05) is 0 Å². The Morgan fingerprint density at radius 1 is 1.47 bits per heavy atom. The van der Waals surface area contributed by atoms with Crippen molar-refractivity contribution in [2.24, 2.45) is 5.73 Å². The van der Waals surface area contributed by atoms with Crippen molar-refractivity contribution in [3.8, 4) is 0 Å². The second kappa shape index (κ2) is 4.76. The molecule has 1 aromatic rings. The minimum absolute atomic E-state index is 0.0940. The Morgan fingerprint density at radius 3 is 2.29 bits per heavy atom. The summed E-state index contributed by atoms with van der Waals surface area (Å²) in [5, 5.41) is 9.04. The van der Waals surface area contributed by atoms with Gasteiger partial charge in [-0.25, -0.2) is 0 Å². The van der Waals surface area contributed by atoms with Gasteiger partial charge < -0.3 is 10.8 Å². The fraction of sp³-hybridized carbons (Fsp3) is 0.545. The smallest absolute Gasteiger partial charge is 0.304 e. The third-order valence-electron chi connectivity index (χ3n) is 3.18. The van der Waals surface area contributed by atoms with E-state index >= 15 is 0 Å². The van der Waals surface area contributed by atoms with E-state index in [1.807, 2.05) is 0 Å². The van der Waals surface area contributed by atoms with Crippen LogP contribution in [0.2, 0.25) is 8.67 Å². The minimum atomic E-state index is -0.913. The molecule has 96 valence electrons. The lowest BCUT2D eigenvalue weighted by Crippen LogP contribution is -2.53. The van der Waals surface area contributed by atoms with E-state index < -0.39 is 16.9 Å². The second-order valence-electron chi connectivity index (χ2n) is 4.86. The molecule has 0 aromatic carbocycles. The predicted octanol–water partition coefficient (Wildman–Crippen LogP) is 3.52. The first-order chi connectivity index (χ1) is 7.58. The minimum Gasteiger partial charge on any atom is -0.481 e. The molecule has 0 amide bonds. The summed E-state index contributed by atoms with van der Waals surface area (Å²) < 4.78 is 1.03. The first-order valence-electron chi connectivity index (χ1n) is 5.04. The molecule has 1 aromatic heterocycles. The molecule has 3 nitrogen and oxygen atoms in total. The Morgan fingerprint density at radius 2 is 2.00 bits per heavy atom. The fourth-order valence-corrected chi connectivity index (χ4v) is 3.40. The molecule has 1 atom stereocenters. The summed E-state index contributed by atoms with van der Waals surface area (Å²) in [6, 6.07) is 1.70. The Labute approximate surface area is 115 Å². The van der Waals surface area contributed by atoms with Crippen LogP contribution in [-0.4, -0.2) is 16.6 Å². The Balaban J connectivity index is 3.34. The highest BCUT2D eigenvalue weighted by Gasteiger charge is 2.43. The molecule has 0 fully saturated rings. The van der Waals surface area contributed by atoms with Crippen LogP contribution in [-0.2, 0) is 10.2 Å². The van der Waals surface area contributed by atoms with Gasteiger partial charge in [0.2, 0.25) is 0 Å². The third-order valence-corrected chi connectivity index (χ3v) is 4.67. The Hall–Kier alpha value is -0.290. The van der Waals surface area contributed by atoms with E-state index in [9.17, 15) is 4.79 Å². The summed E-state index contributed by atoms with van der Waals surface area (Å²) in [5.74, 6) is -0.913. The average Bonchev–Trinajstić information content (AvgIpc) is 2.42. The lowest BCUT2D eigenvalue weighted by atomic mass is 9.67. The predicted molar refractivity (Wildman–Crippen MR) is 72.2 cm³/mol. The van der Waals surface area contributed by atoms with Crippen molar-refractivity contribution in [3.05, 3.63) is 20.3 Å². The highest BCUT2D eigenvalue weighted by Crippen LogP contribution is 2.45. The van der Waals surface area contributed by atoms with Crippen LogP contribution in [0.1, 0.15) is 32.8 Å². The molecule has 0 aliphatic carbocycles. The van der Waals surface area contributed by atoms with Crippen molar-refractivity contribution in [2.45, 2.75) is 38.1 Å². The van der Waals surface area contributed by atoms with Crippen LogP contribution in [0.3, 0.4) is 0 Å². The van der Waals surface area contributed by atoms with E-state index in [2.05, 4.69) is 0 Å². The molecule has 0 bridgehead atoms. The zero-order valence-electron chi connectivity index (χ0n) is 9.88. The van der Waals surface area contributed by atoms with Gasteiger partial charge in [-0.05, 0) is 25.5 Å². The molecule has 1 heterocycles. The van der Waals surface area contributed by atoms with Gasteiger partial charge in [0.25, 0.3) is 0 Å². The van der Waals surface area contributed by atoms with Crippen LogP contribution in [0.15, 0.2) is 6.07 Å². The van der Waals surface area contributed by atoms with Gasteiger partial charge in [-0.15, -0.1) is 11.3 Å².